The van der Waals surface area contributed by atoms with Crippen LogP contribution in [0.15, 0.2) is 23.4 Å². The molecule has 0 aromatic heterocycles. The maximum Gasteiger partial charge on any atom is 0.264 e. The summed E-state index contributed by atoms with van der Waals surface area (Å²) in [4.78, 5) is 31.6. The molecule has 2 unspecified atom stereocenters. The minimum atomic E-state index is -0.768. The van der Waals surface area contributed by atoms with Crippen LogP contribution in [-0.4, -0.2) is 47.7 Å². The van der Waals surface area contributed by atoms with Crippen molar-refractivity contribution in [2.45, 2.75) is 38.3 Å². The summed E-state index contributed by atoms with van der Waals surface area (Å²) in [5.41, 5.74) is 1.27. The second-order valence-electron chi connectivity index (χ2n) is 6.22. The first-order chi connectivity index (χ1) is 12.0. The molecule has 1 N–H and O–H groups in total. The Morgan fingerprint density at radius 3 is 2.72 bits per heavy atom. The maximum absolute atomic E-state index is 12.4. The van der Waals surface area contributed by atoms with Crippen molar-refractivity contribution in [3.63, 3.8) is 0 Å². The summed E-state index contributed by atoms with van der Waals surface area (Å²) >= 11 is 12.1. The highest BCUT2D eigenvalue weighted by Gasteiger charge is 2.32. The van der Waals surface area contributed by atoms with E-state index in [-0.39, 0.29) is 18.2 Å². The minimum absolute atomic E-state index is 0.0641. The average Bonchev–Trinajstić information content (AvgIpc) is 3.26. The molecule has 2 heterocycles. The first-order valence-corrected chi connectivity index (χ1v) is 8.98. The van der Waals surface area contributed by atoms with Crippen LogP contribution >= 0.6 is 23.2 Å². The van der Waals surface area contributed by atoms with E-state index >= 15 is 0 Å². The van der Waals surface area contributed by atoms with Gasteiger partial charge in [-0.25, -0.2) is 0 Å². The summed E-state index contributed by atoms with van der Waals surface area (Å²) in [5, 5.41) is 7.65. The van der Waals surface area contributed by atoms with E-state index in [4.69, 9.17) is 28.0 Å². The Bertz CT molecular complexity index is 717. The molecule has 2 amide bonds. The fourth-order valence-electron chi connectivity index (χ4n) is 2.98. The van der Waals surface area contributed by atoms with Crippen molar-refractivity contribution in [2.24, 2.45) is 5.16 Å². The predicted octanol–water partition coefficient (Wildman–Crippen LogP) is 2.61. The van der Waals surface area contributed by atoms with Crippen LogP contribution in [0.3, 0.4) is 0 Å². The number of hydrogen-bond donors (Lipinski definition) is 1. The van der Waals surface area contributed by atoms with Gasteiger partial charge in [0.15, 0.2) is 0 Å². The van der Waals surface area contributed by atoms with Crippen LogP contribution in [0, 0.1) is 0 Å². The normalized spacial score (nSPS) is 20.8. The molecule has 6 nitrogen and oxygen atoms in total. The predicted molar refractivity (Wildman–Crippen MR) is 95.9 cm³/mol. The smallest absolute Gasteiger partial charge is 0.264 e. The quantitative estimate of drug-likeness (QED) is 0.868. The van der Waals surface area contributed by atoms with Crippen molar-refractivity contribution < 1.29 is 14.4 Å². The van der Waals surface area contributed by atoms with Gasteiger partial charge in [0, 0.05) is 30.1 Å². The lowest BCUT2D eigenvalue weighted by Crippen LogP contribution is -2.48. The largest absolute Gasteiger partial charge is 0.382 e. The lowest BCUT2D eigenvalue weighted by molar-refractivity contribution is -0.138. The van der Waals surface area contributed by atoms with Crippen LogP contribution in [0.4, 0.5) is 0 Å². The van der Waals surface area contributed by atoms with Gasteiger partial charge in [-0.2, -0.15) is 0 Å². The van der Waals surface area contributed by atoms with Gasteiger partial charge >= 0.3 is 0 Å². The van der Waals surface area contributed by atoms with Gasteiger partial charge in [-0.3, -0.25) is 9.59 Å². The summed E-state index contributed by atoms with van der Waals surface area (Å²) < 4.78 is 0. The van der Waals surface area contributed by atoms with Gasteiger partial charge in [0.05, 0.1) is 10.7 Å². The van der Waals surface area contributed by atoms with E-state index < -0.39 is 12.1 Å². The number of nitrogens with zero attached hydrogens (tertiary/aromatic N) is 2. The average molecular weight is 384 g/mol. The molecule has 0 spiro atoms. The van der Waals surface area contributed by atoms with E-state index in [1.54, 1.807) is 30.0 Å². The number of hydrogen-bond acceptors (Lipinski definition) is 4. The van der Waals surface area contributed by atoms with Gasteiger partial charge < -0.3 is 15.1 Å². The SMILES string of the molecule is CC(NC(=O)C1CC(c2ccc(Cl)cc2Cl)=NO1)C(=O)N1CCCC1. The summed E-state index contributed by atoms with van der Waals surface area (Å²) in [6.07, 6.45) is 1.54. The molecule has 0 aliphatic carbocycles. The first kappa shape index (κ1) is 18.0. The molecule has 0 bridgehead atoms. The van der Waals surface area contributed by atoms with E-state index in [9.17, 15) is 9.59 Å². The Balaban J connectivity index is 1.57. The second-order valence-corrected chi connectivity index (χ2v) is 7.07. The number of nitrogens with one attached hydrogen (secondary N) is 1. The molecule has 25 heavy (non-hydrogen) atoms. The van der Waals surface area contributed by atoms with Crippen LogP contribution in [0.25, 0.3) is 0 Å². The van der Waals surface area contributed by atoms with Crippen molar-refractivity contribution in [2.75, 3.05) is 13.1 Å². The number of oxime groups is 1. The fourth-order valence-corrected chi connectivity index (χ4v) is 3.50. The molecule has 0 radical (unpaired) electrons. The van der Waals surface area contributed by atoms with Gasteiger partial charge in [-0.05, 0) is 31.9 Å². The molecular formula is C17H19Cl2N3O3. The molecule has 2 aliphatic heterocycles. The van der Waals surface area contributed by atoms with Crippen LogP contribution in [0.1, 0.15) is 31.7 Å². The minimum Gasteiger partial charge on any atom is -0.382 e. The van der Waals surface area contributed by atoms with Gasteiger partial charge in [-0.15, -0.1) is 0 Å². The number of likely N-dealkylation sites (tertiary alicyclic amines) is 1. The molecule has 2 atom stereocenters. The fraction of sp³-hybridized carbons (Fsp3) is 0.471. The van der Waals surface area contributed by atoms with Crippen LogP contribution in [0.5, 0.6) is 0 Å². The summed E-state index contributed by atoms with van der Waals surface area (Å²) in [5.74, 6) is -0.422. The Kier molecular flexibility index (Phi) is 5.49. The van der Waals surface area contributed by atoms with E-state index in [0.717, 1.165) is 25.9 Å². The number of rotatable bonds is 4. The van der Waals surface area contributed by atoms with Gasteiger partial charge in [0.1, 0.15) is 6.04 Å². The molecule has 134 valence electrons. The van der Waals surface area contributed by atoms with Gasteiger partial charge in [0.2, 0.25) is 12.0 Å². The number of carbonyl (C=O) groups excluding carboxylic acids is 2. The molecule has 2 aliphatic rings. The highest BCUT2D eigenvalue weighted by molar-refractivity contribution is 6.37. The first-order valence-electron chi connectivity index (χ1n) is 8.23. The van der Waals surface area contributed by atoms with Crippen LogP contribution in [-0.2, 0) is 14.4 Å². The van der Waals surface area contributed by atoms with Gasteiger partial charge in [-0.1, -0.05) is 34.4 Å². The third kappa shape index (κ3) is 4.07. The number of halogens is 2. The van der Waals surface area contributed by atoms with Crippen LogP contribution < -0.4 is 5.32 Å². The van der Waals surface area contributed by atoms with Crippen molar-refractivity contribution in [3.05, 3.63) is 33.8 Å². The van der Waals surface area contributed by atoms with E-state index in [2.05, 4.69) is 10.5 Å². The number of carbonyl (C=O) groups is 2. The van der Waals surface area contributed by atoms with E-state index in [1.165, 1.54) is 0 Å². The molecule has 1 aromatic rings. The zero-order chi connectivity index (χ0) is 18.0. The highest BCUT2D eigenvalue weighted by atomic mass is 35.5. The zero-order valence-electron chi connectivity index (χ0n) is 13.8. The van der Waals surface area contributed by atoms with Crippen LogP contribution in [0.2, 0.25) is 10.0 Å². The monoisotopic (exact) mass is 383 g/mol. The summed E-state index contributed by atoms with van der Waals surface area (Å²) in [7, 11) is 0. The topological polar surface area (TPSA) is 71.0 Å². The second kappa shape index (κ2) is 7.62. The highest BCUT2D eigenvalue weighted by Crippen LogP contribution is 2.26. The number of benzene rings is 1. The molecule has 8 heteroatoms. The molecule has 1 saturated heterocycles. The zero-order valence-corrected chi connectivity index (χ0v) is 15.3. The molecular weight excluding hydrogens is 365 g/mol. The summed E-state index contributed by atoms with van der Waals surface area (Å²) in [6.45, 7) is 3.19. The Labute approximate surface area is 156 Å². The van der Waals surface area contributed by atoms with E-state index in [0.29, 0.717) is 21.3 Å². The van der Waals surface area contributed by atoms with Crippen molar-refractivity contribution in [1.82, 2.24) is 10.2 Å². The Morgan fingerprint density at radius 1 is 1.32 bits per heavy atom. The summed E-state index contributed by atoms with van der Waals surface area (Å²) in [6, 6.07) is 4.48. The van der Waals surface area contributed by atoms with Crippen molar-refractivity contribution >= 4 is 40.7 Å². The standard InChI is InChI=1S/C17H19Cl2N3O3/c1-10(17(24)22-6-2-3-7-22)20-16(23)15-9-14(21-25-15)12-5-4-11(18)8-13(12)19/h4-5,8,10,15H,2-3,6-7,9H2,1H3,(H,20,23). The number of amides is 2. The lowest BCUT2D eigenvalue weighted by atomic mass is 10.0. The Morgan fingerprint density at radius 2 is 2.04 bits per heavy atom. The third-order valence-corrected chi connectivity index (χ3v) is 4.90. The Hall–Kier alpha value is -1.79. The molecule has 1 fully saturated rings. The lowest BCUT2D eigenvalue weighted by Gasteiger charge is -2.21. The molecule has 1 aromatic carbocycles. The maximum atomic E-state index is 12.4. The molecule has 3 rings (SSSR count). The van der Waals surface area contributed by atoms with Crippen molar-refractivity contribution in [3.8, 4) is 0 Å². The van der Waals surface area contributed by atoms with E-state index in [1.807, 2.05) is 0 Å². The third-order valence-electron chi connectivity index (χ3n) is 4.35. The van der Waals surface area contributed by atoms with Gasteiger partial charge in [0.25, 0.3) is 5.91 Å². The van der Waals surface area contributed by atoms with Crippen molar-refractivity contribution in [1.29, 1.82) is 0 Å². The molecule has 0 saturated carbocycles.